The number of nitrogens with one attached hydrogen (secondary N) is 1. The lowest BCUT2D eigenvalue weighted by molar-refractivity contribution is 0.415. The summed E-state index contributed by atoms with van der Waals surface area (Å²) >= 11 is 0. The summed E-state index contributed by atoms with van der Waals surface area (Å²) in [5.74, 6) is 1.87. The van der Waals surface area contributed by atoms with Gasteiger partial charge >= 0.3 is 0 Å². The summed E-state index contributed by atoms with van der Waals surface area (Å²) in [5.41, 5.74) is 0. The number of hydrogen-bond acceptors (Lipinski definition) is 4. The van der Waals surface area contributed by atoms with Gasteiger partial charge in [-0.1, -0.05) is 0 Å². The normalized spacial score (nSPS) is 13.2. The molecule has 0 radical (unpaired) electrons. The van der Waals surface area contributed by atoms with Gasteiger partial charge in [0, 0.05) is 6.04 Å². The van der Waals surface area contributed by atoms with Crippen LogP contribution >= 0.6 is 0 Å². The third kappa shape index (κ3) is 2.74. The first kappa shape index (κ1) is 11.9. The molecule has 0 bridgehead atoms. The van der Waals surface area contributed by atoms with E-state index >= 15 is 0 Å². The van der Waals surface area contributed by atoms with E-state index in [0.29, 0.717) is 12.6 Å². The number of hydrogen-bond donors (Lipinski definition) is 1. The first-order chi connectivity index (χ1) is 8.18. The van der Waals surface area contributed by atoms with Crippen LogP contribution in [0.15, 0.2) is 29.1 Å². The average Bonchev–Trinajstić information content (AvgIpc) is 2.96. The maximum absolute atomic E-state index is 5.34. The number of rotatable bonds is 5. The Balaban J connectivity index is 1.96. The zero-order valence-corrected chi connectivity index (χ0v) is 10.4. The van der Waals surface area contributed by atoms with Crippen LogP contribution in [0.4, 0.5) is 0 Å². The van der Waals surface area contributed by atoms with E-state index in [-0.39, 0.29) is 6.04 Å². The molecule has 0 aliphatic carbocycles. The molecule has 2 aromatic rings. The summed E-state index contributed by atoms with van der Waals surface area (Å²) < 4.78 is 7.26. The van der Waals surface area contributed by atoms with E-state index < -0.39 is 0 Å². The third-order valence-electron chi connectivity index (χ3n) is 2.67. The van der Waals surface area contributed by atoms with E-state index in [0.717, 1.165) is 11.6 Å². The zero-order chi connectivity index (χ0) is 12.3. The van der Waals surface area contributed by atoms with Crippen LogP contribution < -0.4 is 5.32 Å². The van der Waals surface area contributed by atoms with E-state index in [4.69, 9.17) is 4.42 Å². The minimum Gasteiger partial charge on any atom is -0.468 e. The van der Waals surface area contributed by atoms with Crippen LogP contribution in [0.2, 0.25) is 0 Å². The SMILES string of the molecule is CC(C)n1ncnc1CN[C@H](C)c1ccco1. The minimum atomic E-state index is 0.169. The summed E-state index contributed by atoms with van der Waals surface area (Å²) in [6.45, 7) is 6.93. The standard InChI is InChI=1S/C12H18N4O/c1-9(2)16-12(14-8-15-16)7-13-10(3)11-5-4-6-17-11/h4-6,8-10,13H,7H2,1-3H3/t10-/m1/s1. The second kappa shape index (κ2) is 5.14. The number of furan rings is 1. The van der Waals surface area contributed by atoms with Crippen LogP contribution in [-0.2, 0) is 6.54 Å². The lowest BCUT2D eigenvalue weighted by atomic mass is 10.2. The smallest absolute Gasteiger partial charge is 0.141 e. The van der Waals surface area contributed by atoms with E-state index in [2.05, 4.69) is 36.2 Å². The van der Waals surface area contributed by atoms with E-state index in [1.165, 1.54) is 0 Å². The molecule has 0 unspecified atom stereocenters. The number of aromatic nitrogens is 3. The highest BCUT2D eigenvalue weighted by Crippen LogP contribution is 2.13. The Morgan fingerprint density at radius 3 is 2.88 bits per heavy atom. The molecule has 0 aromatic carbocycles. The van der Waals surface area contributed by atoms with Gasteiger partial charge in [-0.05, 0) is 32.9 Å². The third-order valence-corrected chi connectivity index (χ3v) is 2.67. The van der Waals surface area contributed by atoms with Crippen LogP contribution in [0.5, 0.6) is 0 Å². The molecule has 5 nitrogen and oxygen atoms in total. The second-order valence-corrected chi connectivity index (χ2v) is 4.33. The van der Waals surface area contributed by atoms with Gasteiger partial charge in [0.15, 0.2) is 0 Å². The number of nitrogens with zero attached hydrogens (tertiary/aromatic N) is 3. The monoisotopic (exact) mass is 234 g/mol. The van der Waals surface area contributed by atoms with E-state index in [9.17, 15) is 0 Å². The predicted octanol–water partition coefficient (Wildman–Crippen LogP) is 2.30. The first-order valence-electron chi connectivity index (χ1n) is 5.83. The molecule has 0 aliphatic rings. The predicted molar refractivity (Wildman–Crippen MR) is 64.4 cm³/mol. The van der Waals surface area contributed by atoms with Gasteiger partial charge in [0.2, 0.25) is 0 Å². The Hall–Kier alpha value is -1.62. The van der Waals surface area contributed by atoms with Crippen molar-refractivity contribution in [2.45, 2.75) is 39.4 Å². The quantitative estimate of drug-likeness (QED) is 0.862. The minimum absolute atomic E-state index is 0.169. The molecule has 2 aromatic heterocycles. The van der Waals surface area contributed by atoms with Crippen LogP contribution in [0.1, 0.15) is 44.4 Å². The van der Waals surface area contributed by atoms with Crippen LogP contribution in [-0.4, -0.2) is 14.8 Å². The molecular weight excluding hydrogens is 216 g/mol. The Morgan fingerprint density at radius 2 is 2.24 bits per heavy atom. The lowest BCUT2D eigenvalue weighted by Gasteiger charge is -2.13. The molecule has 0 saturated carbocycles. The first-order valence-corrected chi connectivity index (χ1v) is 5.83. The highest BCUT2D eigenvalue weighted by molar-refractivity contribution is 5.03. The van der Waals surface area contributed by atoms with Crippen molar-refractivity contribution in [2.24, 2.45) is 0 Å². The van der Waals surface area contributed by atoms with Crippen molar-refractivity contribution >= 4 is 0 Å². The van der Waals surface area contributed by atoms with E-state index in [1.807, 2.05) is 16.8 Å². The van der Waals surface area contributed by atoms with Gasteiger partial charge in [0.1, 0.15) is 17.9 Å². The largest absolute Gasteiger partial charge is 0.468 e. The van der Waals surface area contributed by atoms with Gasteiger partial charge in [-0.15, -0.1) is 0 Å². The van der Waals surface area contributed by atoms with Crippen molar-refractivity contribution in [1.29, 1.82) is 0 Å². The van der Waals surface area contributed by atoms with Crippen molar-refractivity contribution in [3.63, 3.8) is 0 Å². The van der Waals surface area contributed by atoms with Crippen molar-refractivity contribution in [3.8, 4) is 0 Å². The van der Waals surface area contributed by atoms with Gasteiger partial charge < -0.3 is 9.73 Å². The molecule has 17 heavy (non-hydrogen) atoms. The topological polar surface area (TPSA) is 55.9 Å². The van der Waals surface area contributed by atoms with Gasteiger partial charge in [0.05, 0.1) is 18.8 Å². The van der Waals surface area contributed by atoms with Crippen molar-refractivity contribution < 1.29 is 4.42 Å². The maximum Gasteiger partial charge on any atom is 0.141 e. The fraction of sp³-hybridized carbons (Fsp3) is 0.500. The molecule has 0 spiro atoms. The summed E-state index contributed by atoms with van der Waals surface area (Å²) in [6, 6.07) is 4.35. The lowest BCUT2D eigenvalue weighted by Crippen LogP contribution is -2.21. The molecule has 1 N–H and O–H groups in total. The fourth-order valence-electron chi connectivity index (χ4n) is 1.71. The van der Waals surface area contributed by atoms with Crippen LogP contribution in [0.25, 0.3) is 0 Å². The van der Waals surface area contributed by atoms with E-state index in [1.54, 1.807) is 12.6 Å². The average molecular weight is 234 g/mol. The maximum atomic E-state index is 5.34. The Kier molecular flexibility index (Phi) is 3.58. The van der Waals surface area contributed by atoms with Gasteiger partial charge in [-0.2, -0.15) is 5.10 Å². The molecule has 0 amide bonds. The van der Waals surface area contributed by atoms with Crippen molar-refractivity contribution in [2.75, 3.05) is 0 Å². The van der Waals surface area contributed by atoms with Gasteiger partial charge in [-0.3, -0.25) is 0 Å². The molecule has 0 fully saturated rings. The van der Waals surface area contributed by atoms with Gasteiger partial charge in [-0.25, -0.2) is 9.67 Å². The van der Waals surface area contributed by atoms with Gasteiger partial charge in [0.25, 0.3) is 0 Å². The summed E-state index contributed by atoms with van der Waals surface area (Å²) in [7, 11) is 0. The molecule has 2 heterocycles. The highest BCUT2D eigenvalue weighted by atomic mass is 16.3. The molecular formula is C12H18N4O. The molecule has 1 atom stereocenters. The summed E-state index contributed by atoms with van der Waals surface area (Å²) in [5, 5.41) is 7.56. The zero-order valence-electron chi connectivity index (χ0n) is 10.4. The Bertz CT molecular complexity index is 447. The molecule has 92 valence electrons. The molecule has 0 saturated heterocycles. The highest BCUT2D eigenvalue weighted by Gasteiger charge is 2.11. The summed E-state index contributed by atoms with van der Waals surface area (Å²) in [4.78, 5) is 4.25. The summed E-state index contributed by atoms with van der Waals surface area (Å²) in [6.07, 6.45) is 3.28. The van der Waals surface area contributed by atoms with Crippen LogP contribution in [0.3, 0.4) is 0 Å². The van der Waals surface area contributed by atoms with Crippen molar-refractivity contribution in [3.05, 3.63) is 36.3 Å². The molecule has 2 rings (SSSR count). The Labute approximate surface area is 101 Å². The second-order valence-electron chi connectivity index (χ2n) is 4.33. The Morgan fingerprint density at radius 1 is 1.41 bits per heavy atom. The van der Waals surface area contributed by atoms with Crippen LogP contribution in [0, 0.1) is 0 Å². The van der Waals surface area contributed by atoms with Crippen molar-refractivity contribution in [1.82, 2.24) is 20.1 Å². The molecule has 0 aliphatic heterocycles. The fourth-order valence-corrected chi connectivity index (χ4v) is 1.71. The molecule has 5 heteroatoms.